The largest absolute Gasteiger partial charge is 0.462 e. The van der Waals surface area contributed by atoms with Crippen LogP contribution in [0.2, 0.25) is 0 Å². The predicted molar refractivity (Wildman–Crippen MR) is 77.2 cm³/mol. The summed E-state index contributed by atoms with van der Waals surface area (Å²) in [7, 11) is 0. The van der Waals surface area contributed by atoms with E-state index in [0.717, 1.165) is 12.8 Å². The predicted octanol–water partition coefficient (Wildman–Crippen LogP) is 2.83. The van der Waals surface area contributed by atoms with E-state index in [1.807, 2.05) is 0 Å². The summed E-state index contributed by atoms with van der Waals surface area (Å²) in [5.41, 5.74) is 6.56. The first kappa shape index (κ1) is 15.3. The number of nitrogens with two attached hydrogens (primary N) is 1. The Bertz CT molecular complexity index is 444. The number of pyridine rings is 1. The zero-order valence-corrected chi connectivity index (χ0v) is 12.1. The average Bonchev–Trinajstić information content (AvgIpc) is 2.31. The summed E-state index contributed by atoms with van der Waals surface area (Å²) in [6.07, 6.45) is 3.60. The first-order chi connectivity index (χ1) is 8.91. The van der Waals surface area contributed by atoms with E-state index in [1.165, 1.54) is 0 Å². The SMILES string of the molecule is CCCC(C)(C)Nc1nccc(C(=O)OCC)c1N. The van der Waals surface area contributed by atoms with Crippen molar-refractivity contribution in [3.63, 3.8) is 0 Å². The van der Waals surface area contributed by atoms with Gasteiger partial charge in [0, 0.05) is 11.7 Å². The Hall–Kier alpha value is -1.78. The van der Waals surface area contributed by atoms with Gasteiger partial charge in [-0.2, -0.15) is 0 Å². The van der Waals surface area contributed by atoms with Crippen molar-refractivity contribution in [2.24, 2.45) is 0 Å². The van der Waals surface area contributed by atoms with Crippen molar-refractivity contribution in [3.8, 4) is 0 Å². The standard InChI is InChI=1S/C14H23N3O2/c1-5-8-14(3,4)17-12-11(15)10(7-9-16-12)13(18)19-6-2/h7,9H,5-6,8,15H2,1-4H3,(H,16,17). The van der Waals surface area contributed by atoms with Crippen LogP contribution in [-0.2, 0) is 4.74 Å². The van der Waals surface area contributed by atoms with Gasteiger partial charge in [0.05, 0.1) is 17.9 Å². The third-order valence-corrected chi connectivity index (χ3v) is 2.82. The van der Waals surface area contributed by atoms with Crippen molar-refractivity contribution in [1.29, 1.82) is 0 Å². The maximum Gasteiger partial charge on any atom is 0.340 e. The summed E-state index contributed by atoms with van der Waals surface area (Å²) in [5.74, 6) is 0.114. The summed E-state index contributed by atoms with van der Waals surface area (Å²) in [6.45, 7) is 8.36. The third-order valence-electron chi connectivity index (χ3n) is 2.82. The third kappa shape index (κ3) is 4.12. The Morgan fingerprint density at radius 2 is 2.16 bits per heavy atom. The van der Waals surface area contributed by atoms with Crippen LogP contribution >= 0.6 is 0 Å². The molecule has 0 radical (unpaired) electrons. The molecule has 0 unspecified atom stereocenters. The minimum atomic E-state index is -0.418. The topological polar surface area (TPSA) is 77.2 Å². The average molecular weight is 265 g/mol. The number of carbonyl (C=O) groups excluding carboxylic acids is 1. The molecule has 0 aliphatic carbocycles. The molecule has 1 aromatic rings. The molecule has 0 fully saturated rings. The molecule has 0 saturated carbocycles. The van der Waals surface area contributed by atoms with E-state index in [2.05, 4.69) is 31.1 Å². The van der Waals surface area contributed by atoms with Crippen molar-refractivity contribution < 1.29 is 9.53 Å². The summed E-state index contributed by atoms with van der Waals surface area (Å²) in [5, 5.41) is 3.28. The fraction of sp³-hybridized carbons (Fsp3) is 0.571. The Labute approximate surface area is 114 Å². The van der Waals surface area contributed by atoms with Gasteiger partial charge in [-0.25, -0.2) is 9.78 Å². The van der Waals surface area contributed by atoms with Gasteiger partial charge in [-0.1, -0.05) is 13.3 Å². The van der Waals surface area contributed by atoms with Crippen molar-refractivity contribution in [2.45, 2.75) is 46.1 Å². The summed E-state index contributed by atoms with van der Waals surface area (Å²) in [4.78, 5) is 16.0. The molecule has 106 valence electrons. The maximum absolute atomic E-state index is 11.8. The number of esters is 1. The van der Waals surface area contributed by atoms with E-state index in [1.54, 1.807) is 19.2 Å². The van der Waals surface area contributed by atoms with Gasteiger partial charge in [-0.05, 0) is 33.3 Å². The van der Waals surface area contributed by atoms with E-state index in [9.17, 15) is 4.79 Å². The molecule has 5 heteroatoms. The summed E-state index contributed by atoms with van der Waals surface area (Å²) in [6, 6.07) is 1.57. The van der Waals surface area contributed by atoms with Gasteiger partial charge >= 0.3 is 5.97 Å². The molecule has 1 heterocycles. The van der Waals surface area contributed by atoms with E-state index in [-0.39, 0.29) is 5.54 Å². The number of nitrogen functional groups attached to an aromatic ring is 1. The van der Waals surface area contributed by atoms with Gasteiger partial charge in [0.25, 0.3) is 0 Å². The quantitative estimate of drug-likeness (QED) is 0.773. The van der Waals surface area contributed by atoms with Crippen molar-refractivity contribution in [3.05, 3.63) is 17.8 Å². The number of aromatic nitrogens is 1. The van der Waals surface area contributed by atoms with Crippen LogP contribution in [0.15, 0.2) is 12.3 Å². The van der Waals surface area contributed by atoms with Crippen LogP contribution in [0.5, 0.6) is 0 Å². The molecule has 0 aliphatic rings. The Morgan fingerprint density at radius 1 is 1.47 bits per heavy atom. The fourth-order valence-electron chi connectivity index (χ4n) is 1.97. The minimum Gasteiger partial charge on any atom is -0.462 e. The zero-order valence-electron chi connectivity index (χ0n) is 12.1. The minimum absolute atomic E-state index is 0.122. The van der Waals surface area contributed by atoms with Gasteiger partial charge in [-0.15, -0.1) is 0 Å². The first-order valence-corrected chi connectivity index (χ1v) is 6.61. The van der Waals surface area contributed by atoms with Gasteiger partial charge in [0.1, 0.15) is 5.82 Å². The maximum atomic E-state index is 11.8. The van der Waals surface area contributed by atoms with Gasteiger partial charge in [0.15, 0.2) is 0 Å². The monoisotopic (exact) mass is 265 g/mol. The molecule has 1 aromatic heterocycles. The molecule has 0 atom stereocenters. The molecule has 0 aliphatic heterocycles. The van der Waals surface area contributed by atoms with Crippen LogP contribution < -0.4 is 11.1 Å². The molecule has 0 aromatic carbocycles. The van der Waals surface area contributed by atoms with Gasteiger partial charge in [-0.3, -0.25) is 0 Å². The normalized spacial score (nSPS) is 11.2. The number of hydrogen-bond donors (Lipinski definition) is 2. The van der Waals surface area contributed by atoms with Crippen molar-refractivity contribution in [1.82, 2.24) is 4.98 Å². The lowest BCUT2D eigenvalue weighted by Crippen LogP contribution is -2.31. The molecule has 0 bridgehead atoms. The highest BCUT2D eigenvalue weighted by molar-refractivity contribution is 5.97. The second-order valence-corrected chi connectivity index (χ2v) is 5.10. The zero-order chi connectivity index (χ0) is 14.5. The number of carbonyl (C=O) groups is 1. The lowest BCUT2D eigenvalue weighted by Gasteiger charge is -2.27. The molecule has 3 N–H and O–H groups in total. The van der Waals surface area contributed by atoms with E-state index >= 15 is 0 Å². The number of anilines is 2. The van der Waals surface area contributed by atoms with Crippen LogP contribution in [0.3, 0.4) is 0 Å². The van der Waals surface area contributed by atoms with Crippen molar-refractivity contribution >= 4 is 17.5 Å². The Balaban J connectivity index is 2.98. The number of hydrogen-bond acceptors (Lipinski definition) is 5. The smallest absolute Gasteiger partial charge is 0.340 e. The molecule has 0 saturated heterocycles. The number of nitrogens with zero attached hydrogens (tertiary/aromatic N) is 1. The second kappa shape index (κ2) is 6.41. The number of rotatable bonds is 6. The Kier molecular flexibility index (Phi) is 5.15. The molecular formula is C14H23N3O2. The highest BCUT2D eigenvalue weighted by Gasteiger charge is 2.20. The molecule has 1 rings (SSSR count). The summed E-state index contributed by atoms with van der Waals surface area (Å²) >= 11 is 0. The van der Waals surface area contributed by atoms with E-state index in [0.29, 0.717) is 23.7 Å². The summed E-state index contributed by atoms with van der Waals surface area (Å²) < 4.78 is 4.97. The van der Waals surface area contributed by atoms with Crippen LogP contribution in [0, 0.1) is 0 Å². The fourth-order valence-corrected chi connectivity index (χ4v) is 1.97. The molecule has 5 nitrogen and oxygen atoms in total. The lowest BCUT2D eigenvalue weighted by atomic mass is 9.99. The van der Waals surface area contributed by atoms with Crippen LogP contribution in [0.25, 0.3) is 0 Å². The van der Waals surface area contributed by atoms with Gasteiger partial charge < -0.3 is 15.8 Å². The molecule has 19 heavy (non-hydrogen) atoms. The van der Waals surface area contributed by atoms with E-state index in [4.69, 9.17) is 10.5 Å². The first-order valence-electron chi connectivity index (χ1n) is 6.61. The number of nitrogens with one attached hydrogen (secondary N) is 1. The Morgan fingerprint density at radius 3 is 2.74 bits per heavy atom. The highest BCUT2D eigenvalue weighted by Crippen LogP contribution is 2.25. The molecule has 0 spiro atoms. The lowest BCUT2D eigenvalue weighted by molar-refractivity contribution is 0.0527. The van der Waals surface area contributed by atoms with Crippen LogP contribution in [0.1, 0.15) is 50.9 Å². The van der Waals surface area contributed by atoms with Gasteiger partial charge in [0.2, 0.25) is 0 Å². The molecule has 0 amide bonds. The second-order valence-electron chi connectivity index (χ2n) is 5.10. The highest BCUT2D eigenvalue weighted by atomic mass is 16.5. The number of ether oxygens (including phenoxy) is 1. The van der Waals surface area contributed by atoms with Crippen LogP contribution in [-0.4, -0.2) is 23.1 Å². The van der Waals surface area contributed by atoms with Crippen molar-refractivity contribution in [2.75, 3.05) is 17.7 Å². The van der Waals surface area contributed by atoms with E-state index < -0.39 is 5.97 Å². The van der Waals surface area contributed by atoms with Crippen LogP contribution in [0.4, 0.5) is 11.5 Å². The molecular weight excluding hydrogens is 242 g/mol.